The average Bonchev–Trinajstić information content (AvgIpc) is 3.58. The van der Waals surface area contributed by atoms with Gasteiger partial charge in [0.05, 0.1) is 24.4 Å². The summed E-state index contributed by atoms with van der Waals surface area (Å²) < 4.78 is 3.11. The molecule has 4 amide bonds. The fourth-order valence-corrected chi connectivity index (χ4v) is 7.00. The van der Waals surface area contributed by atoms with Crippen molar-refractivity contribution in [2.24, 2.45) is 4.99 Å². The lowest BCUT2D eigenvalue weighted by molar-refractivity contribution is -0.231. The van der Waals surface area contributed by atoms with Gasteiger partial charge in [0.1, 0.15) is 12.6 Å². The number of halogens is 3. The first kappa shape index (κ1) is 31.7. The van der Waals surface area contributed by atoms with Crippen LogP contribution in [0.4, 0.5) is 4.79 Å². The molecule has 1 unspecified atom stereocenters. The van der Waals surface area contributed by atoms with Crippen molar-refractivity contribution in [3.63, 3.8) is 0 Å². The lowest BCUT2D eigenvalue weighted by Gasteiger charge is -2.49. The summed E-state index contributed by atoms with van der Waals surface area (Å²) >= 11 is 17.2. The molecule has 0 radical (unpaired) electrons. The Bertz CT molecular complexity index is 1480. The largest absolute Gasteiger partial charge is 0.445 e. The number of nitrogens with zero attached hydrogens (tertiary/aromatic N) is 3. The number of guanidine groups is 1. The van der Waals surface area contributed by atoms with E-state index in [4.69, 9.17) is 39.5 Å². The SMILES string of the molecule is C=C1N[C@H]2[C@H](CN3C(=O)CCC3=O)N=C(NC(=O)OCC(Cl)(Cl)Cl)N3CC(NC(=O)c4ccc5c(c4)CCCC5)C(O)(O)[C@]23N1. The van der Waals surface area contributed by atoms with E-state index >= 15 is 0 Å². The number of likely N-dealkylation sites (tertiary alicyclic amines) is 1. The second kappa shape index (κ2) is 11.5. The molecule has 3 fully saturated rings. The maximum absolute atomic E-state index is 13.5. The summed E-state index contributed by atoms with van der Waals surface area (Å²) in [4.78, 5) is 58.3. The molecule has 4 atom stereocenters. The number of benzene rings is 1. The fraction of sp³-hybridized carbons (Fsp3) is 0.536. The number of aliphatic hydroxyl groups is 2. The molecule has 6 N–H and O–H groups in total. The molecule has 0 bridgehead atoms. The lowest BCUT2D eigenvalue weighted by atomic mass is 9.85. The number of hydrogen-bond donors (Lipinski definition) is 6. The van der Waals surface area contributed by atoms with Gasteiger partial charge in [0, 0.05) is 24.9 Å². The zero-order valence-corrected chi connectivity index (χ0v) is 26.2. The molecule has 3 saturated heterocycles. The quantitative estimate of drug-likeness (QED) is 0.144. The number of imide groups is 1. The van der Waals surface area contributed by atoms with Crippen LogP contribution in [0.15, 0.2) is 35.6 Å². The highest BCUT2D eigenvalue weighted by Gasteiger charge is 2.74. The average molecular weight is 685 g/mol. The molecule has 5 aliphatic rings. The van der Waals surface area contributed by atoms with E-state index in [2.05, 4.69) is 32.8 Å². The molecule has 1 aromatic carbocycles. The number of fused-ring (bicyclic) bond motifs is 1. The number of carbonyl (C=O) groups is 4. The molecule has 242 valence electrons. The van der Waals surface area contributed by atoms with Crippen LogP contribution < -0.4 is 21.3 Å². The molecule has 45 heavy (non-hydrogen) atoms. The number of aliphatic imine (C=N–C) groups is 1. The van der Waals surface area contributed by atoms with E-state index in [0.717, 1.165) is 36.1 Å². The van der Waals surface area contributed by atoms with Crippen molar-refractivity contribution < 1.29 is 34.1 Å². The van der Waals surface area contributed by atoms with Crippen LogP contribution in [0.2, 0.25) is 0 Å². The van der Waals surface area contributed by atoms with Gasteiger partial charge in [-0.2, -0.15) is 0 Å². The number of ether oxygens (including phenoxy) is 1. The van der Waals surface area contributed by atoms with Crippen LogP contribution in [0.5, 0.6) is 0 Å². The third-order valence-electron chi connectivity index (χ3n) is 8.91. The molecule has 4 heterocycles. The summed E-state index contributed by atoms with van der Waals surface area (Å²) in [7, 11) is 0. The molecule has 17 heteroatoms. The van der Waals surface area contributed by atoms with E-state index < -0.39 is 63.8 Å². The Morgan fingerprint density at radius 1 is 1.11 bits per heavy atom. The molecule has 1 aliphatic carbocycles. The van der Waals surface area contributed by atoms with E-state index in [1.165, 1.54) is 10.5 Å². The summed E-state index contributed by atoms with van der Waals surface area (Å²) in [5.74, 6) is -4.10. The van der Waals surface area contributed by atoms with Gasteiger partial charge in [0.2, 0.25) is 27.4 Å². The minimum absolute atomic E-state index is 0.0325. The van der Waals surface area contributed by atoms with Crippen LogP contribution >= 0.6 is 34.8 Å². The number of amides is 4. The van der Waals surface area contributed by atoms with Crippen LogP contribution in [0.25, 0.3) is 0 Å². The minimum Gasteiger partial charge on any atom is -0.445 e. The Morgan fingerprint density at radius 3 is 2.49 bits per heavy atom. The normalized spacial score (nSPS) is 28.4. The predicted octanol–water partition coefficient (Wildman–Crippen LogP) is 0.373. The Hall–Kier alpha value is -3.30. The number of carbonyl (C=O) groups excluding carboxylic acids is 4. The first-order valence-corrected chi connectivity index (χ1v) is 15.6. The Labute approximate surface area is 273 Å². The highest BCUT2D eigenvalue weighted by atomic mass is 35.6. The van der Waals surface area contributed by atoms with Crippen LogP contribution in [0, 0.1) is 0 Å². The topological polar surface area (TPSA) is 185 Å². The Kier molecular flexibility index (Phi) is 8.09. The zero-order chi connectivity index (χ0) is 32.3. The van der Waals surface area contributed by atoms with Crippen molar-refractivity contribution in [3.8, 4) is 0 Å². The third-order valence-corrected chi connectivity index (χ3v) is 9.24. The molecule has 14 nitrogen and oxygen atoms in total. The lowest BCUT2D eigenvalue weighted by Crippen LogP contribution is -2.78. The third kappa shape index (κ3) is 5.67. The fourth-order valence-electron chi connectivity index (χ4n) is 6.84. The number of alkyl halides is 3. The first-order chi connectivity index (χ1) is 21.2. The predicted molar refractivity (Wildman–Crippen MR) is 162 cm³/mol. The van der Waals surface area contributed by atoms with E-state index in [0.29, 0.717) is 5.56 Å². The molecule has 0 saturated carbocycles. The smallest absolute Gasteiger partial charge is 0.414 e. The summed E-state index contributed by atoms with van der Waals surface area (Å²) in [6.45, 7) is 2.80. The van der Waals surface area contributed by atoms with Gasteiger partial charge >= 0.3 is 6.09 Å². The number of alkyl carbamates (subject to hydrolysis) is 1. The van der Waals surface area contributed by atoms with Gasteiger partial charge in [-0.1, -0.05) is 47.4 Å². The number of hydrogen-bond acceptors (Lipinski definition) is 11. The van der Waals surface area contributed by atoms with Gasteiger partial charge < -0.3 is 35.8 Å². The van der Waals surface area contributed by atoms with Gasteiger partial charge in [-0.05, 0) is 48.9 Å². The molecular formula is C28H32Cl3N7O7. The summed E-state index contributed by atoms with van der Waals surface area (Å²) in [6, 6.07) is 2.07. The standard InChI is InChI=1S/C28H32Cl3N7O7/c1-14-32-22-18(11-37-20(39)8-9-21(37)40)33-24(35-25(42)45-13-26(29,30)31)38-12-19(28(43,44)27(22,38)36-14)34-23(41)17-7-6-15-4-2-3-5-16(15)10-17/h6-7,10,18-19,22,32,36,43-44H,1-5,8-9,11-13H2,(H,34,41)(H,33,35,42)/t18-,19?,22-,27-/m0/s1. The Morgan fingerprint density at radius 2 is 1.80 bits per heavy atom. The van der Waals surface area contributed by atoms with Gasteiger partial charge in [-0.25, -0.2) is 9.79 Å². The molecule has 6 rings (SSSR count). The van der Waals surface area contributed by atoms with Gasteiger partial charge in [-0.15, -0.1) is 0 Å². The molecule has 0 aromatic heterocycles. The summed E-state index contributed by atoms with van der Waals surface area (Å²) in [6.07, 6.45) is 2.88. The first-order valence-electron chi connectivity index (χ1n) is 14.5. The number of rotatable bonds is 5. The second-order valence-corrected chi connectivity index (χ2v) is 14.3. The van der Waals surface area contributed by atoms with E-state index in [1.54, 1.807) is 6.07 Å². The molecule has 1 spiro atoms. The van der Waals surface area contributed by atoms with Crippen LogP contribution in [-0.2, 0) is 27.2 Å². The maximum Gasteiger partial charge on any atom is 0.414 e. The minimum atomic E-state index is -2.73. The van der Waals surface area contributed by atoms with Crippen LogP contribution in [0.1, 0.15) is 47.2 Å². The zero-order valence-electron chi connectivity index (χ0n) is 23.9. The van der Waals surface area contributed by atoms with Crippen LogP contribution in [-0.4, -0.2) is 103 Å². The Balaban J connectivity index is 1.33. The maximum atomic E-state index is 13.5. The summed E-state index contributed by atoms with van der Waals surface area (Å²) in [5.41, 5.74) is 0.729. The van der Waals surface area contributed by atoms with Gasteiger partial charge in [-0.3, -0.25) is 24.6 Å². The van der Waals surface area contributed by atoms with E-state index in [1.807, 2.05) is 12.1 Å². The van der Waals surface area contributed by atoms with Crippen molar-refractivity contribution in [3.05, 3.63) is 47.3 Å². The van der Waals surface area contributed by atoms with E-state index in [-0.39, 0.29) is 37.7 Å². The van der Waals surface area contributed by atoms with Crippen molar-refractivity contribution >= 4 is 64.6 Å². The van der Waals surface area contributed by atoms with Crippen molar-refractivity contribution in [2.45, 2.75) is 71.9 Å². The number of nitrogens with one attached hydrogen (secondary N) is 4. The van der Waals surface area contributed by atoms with Gasteiger partial charge in [0.25, 0.3) is 5.91 Å². The van der Waals surface area contributed by atoms with Crippen molar-refractivity contribution in [1.29, 1.82) is 0 Å². The highest BCUT2D eigenvalue weighted by molar-refractivity contribution is 6.67. The van der Waals surface area contributed by atoms with Crippen molar-refractivity contribution in [2.75, 3.05) is 19.7 Å². The monoisotopic (exact) mass is 683 g/mol. The van der Waals surface area contributed by atoms with Gasteiger partial charge in [0.15, 0.2) is 5.66 Å². The molecule has 1 aromatic rings. The van der Waals surface area contributed by atoms with E-state index in [9.17, 15) is 29.4 Å². The van der Waals surface area contributed by atoms with Crippen LogP contribution in [0.3, 0.4) is 0 Å². The summed E-state index contributed by atoms with van der Waals surface area (Å²) in [5, 5.41) is 35.1. The van der Waals surface area contributed by atoms with Crippen molar-refractivity contribution in [1.82, 2.24) is 31.1 Å². The highest BCUT2D eigenvalue weighted by Crippen LogP contribution is 2.45. The second-order valence-electron chi connectivity index (χ2n) is 11.8. The molecule has 4 aliphatic heterocycles. The number of aryl methyl sites for hydroxylation is 2. The molecular weight excluding hydrogens is 653 g/mol.